The molecule has 134 valence electrons. The Kier molecular flexibility index (Phi) is 4.98. The third-order valence-corrected chi connectivity index (χ3v) is 4.40. The molecular formula is C17H24N6O2. The summed E-state index contributed by atoms with van der Waals surface area (Å²) in [4.78, 5) is 24.4. The molecule has 3 rings (SSSR count). The molecule has 1 aliphatic rings. The first kappa shape index (κ1) is 17.3. The third-order valence-electron chi connectivity index (χ3n) is 4.40. The first-order valence-corrected chi connectivity index (χ1v) is 8.53. The van der Waals surface area contributed by atoms with Crippen molar-refractivity contribution < 1.29 is 9.90 Å². The first-order chi connectivity index (χ1) is 12.0. The minimum absolute atomic E-state index is 0.179. The molecule has 1 unspecified atom stereocenters. The van der Waals surface area contributed by atoms with Gasteiger partial charge in [-0.2, -0.15) is 5.10 Å². The van der Waals surface area contributed by atoms with Crippen LogP contribution >= 0.6 is 0 Å². The van der Waals surface area contributed by atoms with E-state index in [1.54, 1.807) is 41.3 Å². The number of carbonyl (C=O) groups excluding carboxylic acids is 1. The molecule has 0 spiro atoms. The van der Waals surface area contributed by atoms with Crippen LogP contribution in [0.25, 0.3) is 0 Å². The maximum Gasteiger partial charge on any atom is 0.274 e. The van der Waals surface area contributed by atoms with Gasteiger partial charge in [0, 0.05) is 45.3 Å². The molecule has 1 amide bonds. The molecule has 0 saturated carbocycles. The number of β-amino-alcohol motifs (C(OH)–C–C–N with tert-alkyl or cyclic N) is 1. The van der Waals surface area contributed by atoms with E-state index in [2.05, 4.69) is 22.0 Å². The summed E-state index contributed by atoms with van der Waals surface area (Å²) in [6.07, 6.45) is 8.28. The first-order valence-electron chi connectivity index (χ1n) is 8.53. The Balaban J connectivity index is 1.61. The molecular weight excluding hydrogens is 320 g/mol. The predicted octanol–water partition coefficient (Wildman–Crippen LogP) is 0.796. The van der Waals surface area contributed by atoms with Crippen molar-refractivity contribution in [1.82, 2.24) is 24.6 Å². The largest absolute Gasteiger partial charge is 0.386 e. The molecule has 2 aromatic heterocycles. The number of anilines is 1. The van der Waals surface area contributed by atoms with Crippen molar-refractivity contribution in [1.29, 1.82) is 0 Å². The zero-order chi connectivity index (χ0) is 17.9. The Morgan fingerprint density at radius 1 is 1.44 bits per heavy atom. The highest BCUT2D eigenvalue weighted by molar-refractivity contribution is 5.92. The summed E-state index contributed by atoms with van der Waals surface area (Å²) in [5.74, 6) is 0.562. The summed E-state index contributed by atoms with van der Waals surface area (Å²) in [5, 5.41) is 15.2. The Hall–Kier alpha value is -2.48. The van der Waals surface area contributed by atoms with Crippen molar-refractivity contribution >= 4 is 11.7 Å². The molecule has 1 saturated heterocycles. The fourth-order valence-corrected chi connectivity index (χ4v) is 3.17. The monoisotopic (exact) mass is 344 g/mol. The highest BCUT2D eigenvalue weighted by Crippen LogP contribution is 2.26. The summed E-state index contributed by atoms with van der Waals surface area (Å²) in [7, 11) is 1.70. The van der Waals surface area contributed by atoms with Gasteiger partial charge in [-0.05, 0) is 18.9 Å². The summed E-state index contributed by atoms with van der Waals surface area (Å²) in [6.45, 7) is 4.21. The van der Waals surface area contributed by atoms with Crippen molar-refractivity contribution in [2.24, 2.45) is 0 Å². The van der Waals surface area contributed by atoms with Crippen LogP contribution in [0.1, 0.15) is 30.3 Å². The second kappa shape index (κ2) is 7.18. The smallest absolute Gasteiger partial charge is 0.274 e. The van der Waals surface area contributed by atoms with Gasteiger partial charge in [-0.1, -0.05) is 6.92 Å². The fourth-order valence-electron chi connectivity index (χ4n) is 3.17. The van der Waals surface area contributed by atoms with E-state index in [0.29, 0.717) is 25.2 Å². The van der Waals surface area contributed by atoms with Gasteiger partial charge in [0.1, 0.15) is 17.1 Å². The van der Waals surface area contributed by atoms with Gasteiger partial charge in [-0.15, -0.1) is 0 Å². The van der Waals surface area contributed by atoms with E-state index in [1.807, 2.05) is 11.1 Å². The van der Waals surface area contributed by atoms with Crippen molar-refractivity contribution in [3.05, 3.63) is 36.5 Å². The van der Waals surface area contributed by atoms with Crippen molar-refractivity contribution in [3.63, 3.8) is 0 Å². The maximum absolute atomic E-state index is 12.5. The number of hydrogen-bond donors (Lipinski definition) is 1. The average Bonchev–Trinajstić information content (AvgIpc) is 3.22. The SMILES string of the molecule is CCCn1ccc(C(=O)N(C)CC2(O)CCN(c3cnccn3)C2)n1. The number of hydrogen-bond acceptors (Lipinski definition) is 6. The normalized spacial score (nSPS) is 20.0. The van der Waals surface area contributed by atoms with Crippen molar-refractivity contribution in [3.8, 4) is 0 Å². The number of aryl methyl sites for hydroxylation is 1. The Morgan fingerprint density at radius 3 is 3.00 bits per heavy atom. The maximum atomic E-state index is 12.5. The number of nitrogens with zero attached hydrogens (tertiary/aromatic N) is 6. The molecule has 0 aliphatic carbocycles. The zero-order valence-corrected chi connectivity index (χ0v) is 14.7. The van der Waals surface area contributed by atoms with E-state index in [-0.39, 0.29) is 12.5 Å². The van der Waals surface area contributed by atoms with Crippen LogP contribution in [-0.4, -0.2) is 67.9 Å². The predicted molar refractivity (Wildman–Crippen MR) is 93.3 cm³/mol. The lowest BCUT2D eigenvalue weighted by molar-refractivity contribution is 0.0261. The van der Waals surface area contributed by atoms with Crippen molar-refractivity contribution in [2.75, 3.05) is 31.6 Å². The third kappa shape index (κ3) is 3.96. The number of aliphatic hydroxyl groups is 1. The average molecular weight is 344 g/mol. The molecule has 0 aromatic carbocycles. The van der Waals surface area contributed by atoms with Gasteiger partial charge in [-0.3, -0.25) is 14.5 Å². The quantitative estimate of drug-likeness (QED) is 0.834. The topological polar surface area (TPSA) is 87.4 Å². The second-order valence-corrected chi connectivity index (χ2v) is 6.58. The van der Waals surface area contributed by atoms with Gasteiger partial charge in [0.2, 0.25) is 0 Å². The van der Waals surface area contributed by atoms with Gasteiger partial charge in [0.15, 0.2) is 0 Å². The van der Waals surface area contributed by atoms with E-state index in [0.717, 1.165) is 18.8 Å². The number of likely N-dealkylation sites (N-methyl/N-ethyl adjacent to an activating group) is 1. The van der Waals surface area contributed by atoms with Crippen LogP contribution in [0.4, 0.5) is 5.82 Å². The Morgan fingerprint density at radius 2 is 2.28 bits per heavy atom. The van der Waals surface area contributed by atoms with Gasteiger partial charge in [-0.25, -0.2) is 4.98 Å². The second-order valence-electron chi connectivity index (χ2n) is 6.58. The van der Waals surface area contributed by atoms with Crippen LogP contribution in [-0.2, 0) is 6.54 Å². The van der Waals surface area contributed by atoms with E-state index < -0.39 is 5.60 Å². The summed E-state index contributed by atoms with van der Waals surface area (Å²) >= 11 is 0. The van der Waals surface area contributed by atoms with Crippen LogP contribution in [0.3, 0.4) is 0 Å². The number of rotatable bonds is 6. The van der Waals surface area contributed by atoms with Gasteiger partial charge in [0.05, 0.1) is 12.7 Å². The Bertz CT molecular complexity index is 719. The lowest BCUT2D eigenvalue weighted by Gasteiger charge is -2.28. The molecule has 1 N–H and O–H groups in total. The molecule has 8 nitrogen and oxygen atoms in total. The minimum Gasteiger partial charge on any atom is -0.386 e. The number of amides is 1. The van der Waals surface area contributed by atoms with E-state index in [1.165, 1.54) is 0 Å². The Labute approximate surface area is 147 Å². The lowest BCUT2D eigenvalue weighted by Crippen LogP contribution is -2.46. The molecule has 2 aromatic rings. The van der Waals surface area contributed by atoms with Crippen LogP contribution in [0.15, 0.2) is 30.9 Å². The summed E-state index contributed by atoms with van der Waals surface area (Å²) < 4.78 is 1.77. The molecule has 0 bridgehead atoms. The van der Waals surface area contributed by atoms with Crippen LogP contribution < -0.4 is 4.90 Å². The minimum atomic E-state index is -0.964. The van der Waals surface area contributed by atoms with E-state index in [9.17, 15) is 9.90 Å². The molecule has 1 atom stereocenters. The highest BCUT2D eigenvalue weighted by atomic mass is 16.3. The summed E-state index contributed by atoms with van der Waals surface area (Å²) in [6, 6.07) is 1.72. The molecule has 1 fully saturated rings. The fraction of sp³-hybridized carbons (Fsp3) is 0.529. The van der Waals surface area contributed by atoms with Gasteiger partial charge < -0.3 is 14.9 Å². The van der Waals surface area contributed by atoms with Crippen LogP contribution in [0, 0.1) is 0 Å². The number of aromatic nitrogens is 4. The molecule has 0 radical (unpaired) electrons. The zero-order valence-electron chi connectivity index (χ0n) is 14.7. The standard InChI is InChI=1S/C17H24N6O2/c1-3-8-23-9-4-14(20-23)16(24)21(2)12-17(25)5-10-22(13-17)15-11-18-6-7-19-15/h4,6-7,9,11,25H,3,5,8,10,12-13H2,1-2H3. The number of carbonyl (C=O) groups is 1. The molecule has 3 heterocycles. The van der Waals surface area contributed by atoms with Crippen LogP contribution in [0.2, 0.25) is 0 Å². The molecule has 25 heavy (non-hydrogen) atoms. The molecule has 8 heteroatoms. The van der Waals surface area contributed by atoms with E-state index >= 15 is 0 Å². The summed E-state index contributed by atoms with van der Waals surface area (Å²) in [5.41, 5.74) is -0.559. The van der Waals surface area contributed by atoms with Gasteiger partial charge in [0.25, 0.3) is 5.91 Å². The molecule has 1 aliphatic heterocycles. The van der Waals surface area contributed by atoms with E-state index in [4.69, 9.17) is 0 Å². The highest BCUT2D eigenvalue weighted by Gasteiger charge is 2.38. The lowest BCUT2D eigenvalue weighted by atomic mass is 10.0. The van der Waals surface area contributed by atoms with Gasteiger partial charge >= 0.3 is 0 Å². The van der Waals surface area contributed by atoms with Crippen LogP contribution in [0.5, 0.6) is 0 Å². The van der Waals surface area contributed by atoms with Crippen molar-refractivity contribution in [2.45, 2.75) is 31.9 Å².